The molecule has 0 radical (unpaired) electrons. The highest BCUT2D eigenvalue weighted by atomic mass is 32.1. The molecule has 3 aromatic rings. The molecular formula is C21H23N2OS+. The molecule has 0 amide bonds. The molecule has 4 rings (SSSR count). The third-order valence-electron chi connectivity index (χ3n) is 5.12. The van der Waals surface area contributed by atoms with Gasteiger partial charge in [-0.05, 0) is 50.0 Å². The first-order valence-electron chi connectivity index (χ1n) is 9.01. The number of rotatable bonds is 2. The second-order valence-electron chi connectivity index (χ2n) is 6.76. The van der Waals surface area contributed by atoms with E-state index in [1.165, 1.54) is 30.3 Å². The number of hydrogen-bond donors (Lipinski definition) is 1. The number of hydrogen-bond acceptors (Lipinski definition) is 2. The van der Waals surface area contributed by atoms with Gasteiger partial charge in [0.1, 0.15) is 13.2 Å². The Balaban J connectivity index is 1.74. The lowest BCUT2D eigenvalue weighted by molar-refractivity contribution is -0.617. The van der Waals surface area contributed by atoms with E-state index in [0.717, 1.165) is 29.3 Å². The van der Waals surface area contributed by atoms with E-state index in [9.17, 15) is 0 Å². The highest BCUT2D eigenvalue weighted by Gasteiger charge is 2.20. The van der Waals surface area contributed by atoms with Crippen LogP contribution in [-0.2, 0) is 11.8 Å². The van der Waals surface area contributed by atoms with E-state index in [1.54, 1.807) is 0 Å². The van der Waals surface area contributed by atoms with Crippen molar-refractivity contribution in [2.24, 2.45) is 7.05 Å². The zero-order valence-electron chi connectivity index (χ0n) is 14.5. The van der Waals surface area contributed by atoms with Gasteiger partial charge in [-0.2, -0.15) is 4.57 Å². The first-order chi connectivity index (χ1) is 12.2. The van der Waals surface area contributed by atoms with E-state index in [0.29, 0.717) is 5.17 Å². The number of nitrogens with one attached hydrogen (secondary N) is 1. The number of benzene rings is 2. The Labute approximate surface area is 153 Å². The van der Waals surface area contributed by atoms with E-state index in [2.05, 4.69) is 65.5 Å². The number of aryl methyl sites for hydroxylation is 1. The van der Waals surface area contributed by atoms with Gasteiger partial charge in [-0.3, -0.25) is 0 Å². The summed E-state index contributed by atoms with van der Waals surface area (Å²) in [4.78, 5) is 0. The van der Waals surface area contributed by atoms with Gasteiger partial charge in [-0.25, -0.2) is 0 Å². The molecule has 0 aliphatic heterocycles. The molecule has 128 valence electrons. The minimum atomic E-state index is 0.256. The average molecular weight is 351 g/mol. The fraction of sp³-hybridized carbons (Fsp3) is 0.333. The molecule has 1 aliphatic rings. The summed E-state index contributed by atoms with van der Waals surface area (Å²) in [6, 6.07) is 16.8. The molecule has 1 saturated carbocycles. The molecule has 4 heteroatoms. The molecule has 0 unspecified atom stereocenters. The quantitative estimate of drug-likeness (QED) is 0.405. The van der Waals surface area contributed by atoms with Crippen LogP contribution in [0.15, 0.2) is 48.5 Å². The van der Waals surface area contributed by atoms with Crippen LogP contribution >= 0.6 is 12.2 Å². The van der Waals surface area contributed by atoms with Crippen LogP contribution in [0.3, 0.4) is 0 Å². The first-order valence-corrected chi connectivity index (χ1v) is 9.42. The Hall–Kier alpha value is -2.20. The second-order valence-corrected chi connectivity index (χ2v) is 7.13. The van der Waals surface area contributed by atoms with Crippen LogP contribution in [0.1, 0.15) is 32.1 Å². The van der Waals surface area contributed by atoms with Gasteiger partial charge in [0.2, 0.25) is 11.0 Å². The molecule has 0 bridgehead atoms. The lowest BCUT2D eigenvalue weighted by Crippen LogP contribution is -2.31. The van der Waals surface area contributed by atoms with E-state index in [1.807, 2.05) is 0 Å². The molecule has 1 aliphatic carbocycles. The SMILES string of the molecule is C[n+]1c2ccccc2c(NC(=S)OC2CCCCC2)c2ccccc21. The van der Waals surface area contributed by atoms with Crippen LogP contribution in [0.2, 0.25) is 0 Å². The Morgan fingerprint density at radius 3 is 2.12 bits per heavy atom. The van der Waals surface area contributed by atoms with Crippen molar-refractivity contribution in [1.82, 2.24) is 0 Å². The topological polar surface area (TPSA) is 25.1 Å². The molecule has 0 atom stereocenters. The molecular weight excluding hydrogens is 328 g/mol. The Morgan fingerprint density at radius 2 is 1.52 bits per heavy atom. The van der Waals surface area contributed by atoms with Gasteiger partial charge in [0, 0.05) is 12.1 Å². The molecule has 3 nitrogen and oxygen atoms in total. The highest BCUT2D eigenvalue weighted by molar-refractivity contribution is 7.80. The monoisotopic (exact) mass is 351 g/mol. The summed E-state index contributed by atoms with van der Waals surface area (Å²) in [6.07, 6.45) is 6.25. The van der Waals surface area contributed by atoms with Crippen molar-refractivity contribution >= 4 is 44.9 Å². The Morgan fingerprint density at radius 1 is 0.960 bits per heavy atom. The zero-order valence-corrected chi connectivity index (χ0v) is 15.3. The number of anilines is 1. The fourth-order valence-corrected chi connectivity index (χ4v) is 4.07. The molecule has 1 aromatic heterocycles. The number of nitrogens with zero attached hydrogens (tertiary/aromatic N) is 1. The van der Waals surface area contributed by atoms with Crippen LogP contribution < -0.4 is 9.88 Å². The standard InChI is InChI=1S/C21H22N2OS/c1-23-18-13-7-5-11-16(18)20(17-12-6-8-14-19(17)23)22-21(25)24-15-9-3-2-4-10-15/h5-8,11-15H,2-4,9-10H2,1H3/p+1. The molecule has 1 N–H and O–H groups in total. The van der Waals surface area contributed by atoms with Crippen molar-refractivity contribution in [3.05, 3.63) is 48.5 Å². The maximum Gasteiger partial charge on any atom is 0.261 e. The lowest BCUT2D eigenvalue weighted by atomic mass is 9.98. The minimum Gasteiger partial charge on any atom is -0.468 e. The number of pyridine rings is 1. The van der Waals surface area contributed by atoms with Gasteiger partial charge in [0.15, 0.2) is 0 Å². The van der Waals surface area contributed by atoms with E-state index in [4.69, 9.17) is 17.0 Å². The van der Waals surface area contributed by atoms with Crippen molar-refractivity contribution in [3.8, 4) is 0 Å². The van der Waals surface area contributed by atoms with Crippen molar-refractivity contribution in [2.45, 2.75) is 38.2 Å². The van der Waals surface area contributed by atoms with Crippen LogP contribution in [0.25, 0.3) is 21.8 Å². The minimum absolute atomic E-state index is 0.256. The molecule has 1 fully saturated rings. The number of aromatic nitrogens is 1. The molecule has 1 heterocycles. The highest BCUT2D eigenvalue weighted by Crippen LogP contribution is 2.30. The van der Waals surface area contributed by atoms with E-state index >= 15 is 0 Å². The third-order valence-corrected chi connectivity index (χ3v) is 5.32. The molecule has 25 heavy (non-hydrogen) atoms. The Kier molecular flexibility index (Phi) is 4.53. The number of para-hydroxylation sites is 2. The summed E-state index contributed by atoms with van der Waals surface area (Å²) >= 11 is 5.54. The fourth-order valence-electron chi connectivity index (χ4n) is 3.83. The Bertz CT molecular complexity index is 875. The normalized spacial score (nSPS) is 15.4. The third kappa shape index (κ3) is 3.19. The van der Waals surface area contributed by atoms with Gasteiger partial charge in [0.05, 0.1) is 16.5 Å². The van der Waals surface area contributed by atoms with Crippen LogP contribution in [0.4, 0.5) is 5.69 Å². The van der Waals surface area contributed by atoms with Gasteiger partial charge in [-0.1, -0.05) is 30.7 Å². The maximum absolute atomic E-state index is 6.04. The van der Waals surface area contributed by atoms with E-state index < -0.39 is 0 Å². The number of ether oxygens (including phenoxy) is 1. The maximum atomic E-state index is 6.04. The van der Waals surface area contributed by atoms with Crippen LogP contribution in [0, 0.1) is 0 Å². The van der Waals surface area contributed by atoms with Crippen molar-refractivity contribution in [2.75, 3.05) is 5.32 Å². The summed E-state index contributed by atoms with van der Waals surface area (Å²) in [5, 5.41) is 6.18. The van der Waals surface area contributed by atoms with E-state index in [-0.39, 0.29) is 6.10 Å². The van der Waals surface area contributed by atoms with Crippen molar-refractivity contribution in [1.29, 1.82) is 0 Å². The number of thiocarbonyl (C=S) groups is 1. The molecule has 0 saturated heterocycles. The van der Waals surface area contributed by atoms with Gasteiger partial charge >= 0.3 is 0 Å². The smallest absolute Gasteiger partial charge is 0.261 e. The molecule has 2 aromatic carbocycles. The lowest BCUT2D eigenvalue weighted by Gasteiger charge is -2.23. The zero-order chi connectivity index (χ0) is 17.2. The number of fused-ring (bicyclic) bond motifs is 2. The summed E-state index contributed by atoms with van der Waals surface area (Å²) in [6.45, 7) is 0. The van der Waals surface area contributed by atoms with Gasteiger partial charge in [-0.15, -0.1) is 0 Å². The summed E-state index contributed by atoms with van der Waals surface area (Å²) in [5.74, 6) is 0. The molecule has 0 spiro atoms. The largest absolute Gasteiger partial charge is 0.468 e. The van der Waals surface area contributed by atoms with Crippen molar-refractivity contribution < 1.29 is 9.30 Å². The summed E-state index contributed by atoms with van der Waals surface area (Å²) < 4.78 is 8.26. The van der Waals surface area contributed by atoms with Gasteiger partial charge < -0.3 is 10.1 Å². The van der Waals surface area contributed by atoms with Crippen LogP contribution in [-0.4, -0.2) is 11.3 Å². The average Bonchev–Trinajstić information content (AvgIpc) is 2.66. The van der Waals surface area contributed by atoms with Crippen LogP contribution in [0.5, 0.6) is 0 Å². The predicted octanol–water partition coefficient (Wildman–Crippen LogP) is 4.86. The summed E-state index contributed by atoms with van der Waals surface area (Å²) in [5.41, 5.74) is 3.37. The van der Waals surface area contributed by atoms with Crippen molar-refractivity contribution in [3.63, 3.8) is 0 Å². The summed E-state index contributed by atoms with van der Waals surface area (Å²) in [7, 11) is 2.10. The van der Waals surface area contributed by atoms with Gasteiger partial charge in [0.25, 0.3) is 5.17 Å². The second kappa shape index (κ2) is 6.96. The predicted molar refractivity (Wildman–Crippen MR) is 107 cm³/mol. The first kappa shape index (κ1) is 16.3.